The summed E-state index contributed by atoms with van der Waals surface area (Å²) in [6.45, 7) is 8.67. The predicted octanol–water partition coefficient (Wildman–Crippen LogP) is 4.03. The van der Waals surface area contributed by atoms with Gasteiger partial charge in [0.05, 0.1) is 0 Å². The molecule has 0 aromatic carbocycles. The Morgan fingerprint density at radius 3 is 2.07 bits per heavy atom. The number of hydrogen-bond donors (Lipinski definition) is 0. The van der Waals surface area contributed by atoms with Gasteiger partial charge in [0.25, 0.3) is 0 Å². The van der Waals surface area contributed by atoms with Crippen molar-refractivity contribution < 1.29 is 26.2 Å². The van der Waals surface area contributed by atoms with E-state index in [1.54, 1.807) is 0 Å². The molecule has 0 fully saturated rings. The Morgan fingerprint density at radius 2 is 1.93 bits per heavy atom. The van der Waals surface area contributed by atoms with Crippen LogP contribution in [0.5, 0.6) is 0 Å². The van der Waals surface area contributed by atoms with E-state index in [1.165, 1.54) is 16.7 Å². The van der Waals surface area contributed by atoms with E-state index in [9.17, 15) is 0 Å². The molecule has 78 valence electrons. The minimum atomic E-state index is 0. The van der Waals surface area contributed by atoms with E-state index >= 15 is 0 Å². The first-order valence-electron chi connectivity index (χ1n) is 5.12. The van der Waals surface area contributed by atoms with Crippen molar-refractivity contribution in [3.8, 4) is 0 Å². The van der Waals surface area contributed by atoms with Crippen LogP contribution in [-0.4, -0.2) is 0 Å². The average molecular weight is 278 g/mol. The summed E-state index contributed by atoms with van der Waals surface area (Å²) < 4.78 is 0. The summed E-state index contributed by atoms with van der Waals surface area (Å²) in [6.07, 6.45) is 13.4. The van der Waals surface area contributed by atoms with Crippen molar-refractivity contribution in [2.24, 2.45) is 5.92 Å². The Morgan fingerprint density at radius 1 is 1.27 bits per heavy atom. The van der Waals surface area contributed by atoms with Crippen molar-refractivity contribution in [2.45, 2.75) is 34.1 Å². The first-order valence-corrected chi connectivity index (χ1v) is 5.12. The van der Waals surface area contributed by atoms with Crippen LogP contribution in [-0.2, 0) is 26.2 Å². The molecule has 0 saturated heterocycles. The van der Waals surface area contributed by atoms with Gasteiger partial charge in [-0.2, -0.15) is 17.2 Å². The second kappa shape index (κ2) is 7.17. The molecule has 15 heavy (non-hydrogen) atoms. The molecule has 2 rings (SSSR count). The maximum Gasteiger partial charge on any atom is 2.00 e. The topological polar surface area (TPSA) is 0 Å². The molecule has 1 heteroatoms. The molecule has 0 aliphatic heterocycles. The van der Waals surface area contributed by atoms with Gasteiger partial charge in [-0.15, -0.1) is 13.3 Å². The van der Waals surface area contributed by atoms with Crippen LogP contribution in [0.25, 0.3) is 0 Å². The van der Waals surface area contributed by atoms with Gasteiger partial charge in [-0.25, -0.2) is 17.7 Å². The quantitative estimate of drug-likeness (QED) is 0.587. The molecule has 0 amide bonds. The summed E-state index contributed by atoms with van der Waals surface area (Å²) in [7, 11) is 0. The van der Waals surface area contributed by atoms with Gasteiger partial charge < -0.3 is 0 Å². The van der Waals surface area contributed by atoms with E-state index in [0.717, 1.165) is 6.42 Å². The zero-order valence-electron chi connectivity index (χ0n) is 10.0. The molecule has 0 nitrogen and oxygen atoms in total. The van der Waals surface area contributed by atoms with E-state index in [1.807, 2.05) is 12.2 Å². The second-order valence-electron chi connectivity index (χ2n) is 3.80. The van der Waals surface area contributed by atoms with E-state index in [4.69, 9.17) is 0 Å². The van der Waals surface area contributed by atoms with Crippen LogP contribution >= 0.6 is 0 Å². The molecule has 0 bridgehead atoms. The Kier molecular flexibility index (Phi) is 7.10. The molecule has 0 N–H and O–H groups in total. The van der Waals surface area contributed by atoms with Gasteiger partial charge in [0.1, 0.15) is 0 Å². The Labute approximate surface area is 113 Å². The molecular weight excluding hydrogens is 259 g/mol. The maximum absolute atomic E-state index is 3.36. The van der Waals surface area contributed by atoms with Gasteiger partial charge in [-0.3, -0.25) is 12.2 Å². The minimum absolute atomic E-state index is 0. The smallest absolute Gasteiger partial charge is 0.273 e. The van der Waals surface area contributed by atoms with E-state index < -0.39 is 0 Å². The number of allylic oxidation sites excluding steroid dienone is 8. The molecule has 0 aromatic rings. The summed E-state index contributed by atoms with van der Waals surface area (Å²) in [4.78, 5) is 0. The van der Waals surface area contributed by atoms with Crippen LogP contribution < -0.4 is 0 Å². The third-order valence-electron chi connectivity index (χ3n) is 2.82. The molecule has 0 radical (unpaired) electrons. The molecule has 0 aromatic heterocycles. The van der Waals surface area contributed by atoms with Crippen LogP contribution in [0.1, 0.15) is 34.1 Å². The zero-order valence-corrected chi connectivity index (χ0v) is 12.5. The largest absolute Gasteiger partial charge is 2.00 e. The van der Waals surface area contributed by atoms with Crippen LogP contribution in [0.15, 0.2) is 34.9 Å². The summed E-state index contributed by atoms with van der Waals surface area (Å²) in [5, 5.41) is 0. The fourth-order valence-electron chi connectivity index (χ4n) is 1.50. The standard InChI is InChI=1S/C9H13.C5H5.Zr/c1-6-5-7(2)9(4)8(6)3;1-2-4-5-3-1;/h6H,1-4H3;1-3H,4H2;/q2*-1;+2. The molecule has 0 heterocycles. The molecule has 0 spiro atoms. The van der Waals surface area contributed by atoms with Crippen molar-refractivity contribution >= 4 is 0 Å². The molecule has 1 atom stereocenters. The SMILES string of the molecule is CC1=[C-]C(C)C(C)=C1C.[C-]1=CC=CC1.[Zr+2]. The fourth-order valence-corrected chi connectivity index (χ4v) is 1.50. The summed E-state index contributed by atoms with van der Waals surface area (Å²) in [5.41, 5.74) is 4.25. The van der Waals surface area contributed by atoms with Gasteiger partial charge in [-0.1, -0.05) is 26.7 Å². The molecule has 0 saturated carbocycles. The Bertz CT molecular complexity index is 306. The Hall–Kier alpha value is -0.157. The van der Waals surface area contributed by atoms with Crippen LogP contribution in [0.4, 0.5) is 0 Å². The molecule has 2 aliphatic rings. The van der Waals surface area contributed by atoms with Crippen LogP contribution in [0.3, 0.4) is 0 Å². The van der Waals surface area contributed by atoms with E-state index in [0.29, 0.717) is 5.92 Å². The van der Waals surface area contributed by atoms with Crippen molar-refractivity contribution in [2.75, 3.05) is 0 Å². The molecule has 1 unspecified atom stereocenters. The molecule has 2 aliphatic carbocycles. The summed E-state index contributed by atoms with van der Waals surface area (Å²) in [6, 6.07) is 0. The third kappa shape index (κ3) is 4.47. The minimum Gasteiger partial charge on any atom is -0.273 e. The second-order valence-corrected chi connectivity index (χ2v) is 3.80. The summed E-state index contributed by atoms with van der Waals surface area (Å²) >= 11 is 0. The van der Waals surface area contributed by atoms with E-state index in [2.05, 4.69) is 45.9 Å². The summed E-state index contributed by atoms with van der Waals surface area (Å²) in [5.74, 6) is 0.560. The molecular formula is C14H18Zr. The van der Waals surface area contributed by atoms with Crippen LogP contribution in [0.2, 0.25) is 0 Å². The van der Waals surface area contributed by atoms with E-state index in [-0.39, 0.29) is 26.2 Å². The van der Waals surface area contributed by atoms with Crippen molar-refractivity contribution in [1.82, 2.24) is 0 Å². The van der Waals surface area contributed by atoms with Crippen LogP contribution in [0, 0.1) is 18.1 Å². The van der Waals surface area contributed by atoms with Gasteiger partial charge in [-0.05, 0) is 0 Å². The predicted molar refractivity (Wildman–Crippen MR) is 61.5 cm³/mol. The van der Waals surface area contributed by atoms with Gasteiger partial charge >= 0.3 is 26.2 Å². The zero-order chi connectivity index (χ0) is 10.6. The van der Waals surface area contributed by atoms with Crippen molar-refractivity contribution in [1.29, 1.82) is 0 Å². The average Bonchev–Trinajstić information content (AvgIpc) is 2.78. The van der Waals surface area contributed by atoms with Gasteiger partial charge in [0.15, 0.2) is 0 Å². The number of hydrogen-bond acceptors (Lipinski definition) is 0. The Balaban J connectivity index is 0.000000280. The maximum atomic E-state index is 3.36. The normalized spacial score (nSPS) is 22.1. The monoisotopic (exact) mass is 276 g/mol. The fraction of sp³-hybridized carbons (Fsp3) is 0.429. The van der Waals surface area contributed by atoms with Gasteiger partial charge in [0.2, 0.25) is 0 Å². The number of rotatable bonds is 0. The first-order chi connectivity index (χ1) is 6.63. The van der Waals surface area contributed by atoms with Crippen molar-refractivity contribution in [3.63, 3.8) is 0 Å². The first kappa shape index (κ1) is 14.8. The third-order valence-corrected chi connectivity index (χ3v) is 2.82. The van der Waals surface area contributed by atoms with Gasteiger partial charge in [0, 0.05) is 0 Å². The van der Waals surface area contributed by atoms with Crippen molar-refractivity contribution in [3.05, 3.63) is 47.1 Å².